The van der Waals surface area contributed by atoms with Crippen LogP contribution in [-0.4, -0.2) is 25.4 Å². The summed E-state index contributed by atoms with van der Waals surface area (Å²) in [7, 11) is 0. The number of hydrogen-bond donors (Lipinski definition) is 2. The van der Waals surface area contributed by atoms with Crippen LogP contribution < -0.4 is 5.32 Å². The molecule has 30 heavy (non-hydrogen) atoms. The molecular weight excluding hydrogens is 394 g/mol. The fourth-order valence-electron chi connectivity index (χ4n) is 3.73. The minimum atomic E-state index is -0.176. The summed E-state index contributed by atoms with van der Waals surface area (Å²) in [5, 5.41) is 6.59. The van der Waals surface area contributed by atoms with E-state index >= 15 is 0 Å². The fraction of sp³-hybridized carbons (Fsp3) is 0.0870. The summed E-state index contributed by atoms with van der Waals surface area (Å²) in [6.45, 7) is 3.90. The van der Waals surface area contributed by atoms with Gasteiger partial charge < -0.3 is 9.55 Å². The van der Waals surface area contributed by atoms with E-state index in [1.54, 1.807) is 6.20 Å². The lowest BCUT2D eigenvalue weighted by atomic mass is 10.1. The van der Waals surface area contributed by atoms with Crippen molar-refractivity contribution in [2.24, 2.45) is 0 Å². The Morgan fingerprint density at radius 1 is 1.13 bits per heavy atom. The number of nitrogens with one attached hydrogen (secondary N) is 2. The van der Waals surface area contributed by atoms with Crippen molar-refractivity contribution < 1.29 is 4.79 Å². The molecule has 0 saturated heterocycles. The van der Waals surface area contributed by atoms with E-state index in [4.69, 9.17) is 0 Å². The number of benzene rings is 1. The molecule has 148 valence electrons. The van der Waals surface area contributed by atoms with E-state index in [2.05, 4.69) is 26.3 Å². The Morgan fingerprint density at radius 2 is 1.97 bits per heavy atom. The Kier molecular flexibility index (Phi) is 4.44. The summed E-state index contributed by atoms with van der Waals surface area (Å²) in [6.07, 6.45) is 3.70. The van der Waals surface area contributed by atoms with Gasteiger partial charge in [-0.2, -0.15) is 0 Å². The molecule has 0 unspecified atom stereocenters. The number of H-pyrrole nitrogens is 1. The second-order valence-electron chi connectivity index (χ2n) is 7.05. The number of pyridine rings is 1. The number of aromatic nitrogens is 4. The quantitative estimate of drug-likeness (QED) is 0.417. The Labute approximate surface area is 177 Å². The molecule has 4 aromatic heterocycles. The van der Waals surface area contributed by atoms with Crippen LogP contribution in [0.15, 0.2) is 66.3 Å². The van der Waals surface area contributed by atoms with Gasteiger partial charge in [-0.15, -0.1) is 11.3 Å². The van der Waals surface area contributed by atoms with Crippen LogP contribution in [0.4, 0.5) is 5.13 Å². The van der Waals surface area contributed by atoms with Crippen molar-refractivity contribution in [3.63, 3.8) is 0 Å². The molecule has 1 amide bonds. The number of aromatic amines is 1. The molecule has 5 aromatic rings. The van der Waals surface area contributed by atoms with Gasteiger partial charge in [0.15, 0.2) is 5.13 Å². The summed E-state index contributed by atoms with van der Waals surface area (Å²) < 4.78 is 1.98. The van der Waals surface area contributed by atoms with Crippen molar-refractivity contribution in [3.05, 3.63) is 83.3 Å². The van der Waals surface area contributed by atoms with Gasteiger partial charge in [0.05, 0.1) is 11.3 Å². The third kappa shape index (κ3) is 3.09. The first-order valence-electron chi connectivity index (χ1n) is 9.55. The Morgan fingerprint density at radius 3 is 2.80 bits per heavy atom. The average Bonchev–Trinajstić information content (AvgIpc) is 3.46. The summed E-state index contributed by atoms with van der Waals surface area (Å²) in [6, 6.07) is 15.7. The molecule has 0 aliphatic carbocycles. The Hall–Kier alpha value is -3.71. The number of carbonyl (C=O) groups is 1. The summed E-state index contributed by atoms with van der Waals surface area (Å²) >= 11 is 1.42. The van der Waals surface area contributed by atoms with E-state index < -0.39 is 0 Å². The first-order valence-corrected chi connectivity index (χ1v) is 10.4. The maximum atomic E-state index is 13.0. The monoisotopic (exact) mass is 413 g/mol. The molecule has 7 heteroatoms. The predicted octanol–water partition coefficient (Wildman–Crippen LogP) is 5.35. The van der Waals surface area contributed by atoms with E-state index in [1.807, 2.05) is 72.5 Å². The zero-order valence-corrected chi connectivity index (χ0v) is 17.3. The molecule has 0 bridgehead atoms. The number of hydrogen-bond acceptors (Lipinski definition) is 4. The van der Waals surface area contributed by atoms with Crippen molar-refractivity contribution in [1.29, 1.82) is 0 Å². The molecule has 0 spiro atoms. The maximum absolute atomic E-state index is 13.0. The first-order chi connectivity index (χ1) is 14.6. The van der Waals surface area contributed by atoms with Crippen molar-refractivity contribution in [2.75, 3.05) is 5.32 Å². The molecular formula is C23H19N5OS. The maximum Gasteiger partial charge on any atom is 0.259 e. The minimum absolute atomic E-state index is 0.176. The van der Waals surface area contributed by atoms with Crippen LogP contribution in [0.5, 0.6) is 0 Å². The average molecular weight is 414 g/mol. The fourth-order valence-corrected chi connectivity index (χ4v) is 4.44. The number of para-hydroxylation sites is 1. The number of amides is 1. The van der Waals surface area contributed by atoms with E-state index in [9.17, 15) is 4.79 Å². The topological polar surface area (TPSA) is 75.6 Å². The standard InChI is InChI=1S/C23H19N5OS/c1-14-11-17(15(2)28(14)21-9-5-6-10-24-21)22(29)27-23-26-20(13-30-23)18-12-25-19-8-4-3-7-16(18)19/h3-13,25H,1-2H3,(H,26,27,29). The van der Waals surface area contributed by atoms with Gasteiger partial charge in [-0.25, -0.2) is 9.97 Å². The predicted molar refractivity (Wildman–Crippen MR) is 120 cm³/mol. The van der Waals surface area contributed by atoms with Gasteiger partial charge in [-0.1, -0.05) is 24.3 Å². The number of fused-ring (bicyclic) bond motifs is 1. The molecule has 0 atom stereocenters. The molecule has 0 radical (unpaired) electrons. The van der Waals surface area contributed by atoms with Gasteiger partial charge in [0.1, 0.15) is 5.82 Å². The molecule has 0 fully saturated rings. The van der Waals surface area contributed by atoms with Gasteiger partial charge >= 0.3 is 0 Å². The number of carbonyl (C=O) groups excluding carboxylic acids is 1. The minimum Gasteiger partial charge on any atom is -0.360 e. The number of aryl methyl sites for hydroxylation is 1. The van der Waals surface area contributed by atoms with Crippen LogP contribution in [0.3, 0.4) is 0 Å². The summed E-state index contributed by atoms with van der Waals surface area (Å²) in [4.78, 5) is 25.3. The highest BCUT2D eigenvalue weighted by Crippen LogP contribution is 2.31. The zero-order valence-electron chi connectivity index (χ0n) is 16.5. The highest BCUT2D eigenvalue weighted by atomic mass is 32.1. The van der Waals surface area contributed by atoms with Crippen molar-refractivity contribution in [2.45, 2.75) is 13.8 Å². The summed E-state index contributed by atoms with van der Waals surface area (Å²) in [5.74, 6) is 0.618. The van der Waals surface area contributed by atoms with Crippen LogP contribution in [0, 0.1) is 13.8 Å². The van der Waals surface area contributed by atoms with E-state index in [0.29, 0.717) is 10.7 Å². The SMILES string of the molecule is Cc1cc(C(=O)Nc2nc(-c3c[nH]c4ccccc34)cs2)c(C)n1-c1ccccn1. The van der Waals surface area contributed by atoms with E-state index in [-0.39, 0.29) is 5.91 Å². The first kappa shape index (κ1) is 18.3. The van der Waals surface area contributed by atoms with Crippen LogP contribution in [0.25, 0.3) is 28.0 Å². The molecule has 2 N–H and O–H groups in total. The lowest BCUT2D eigenvalue weighted by Gasteiger charge is -2.08. The molecule has 0 aliphatic rings. The molecule has 1 aromatic carbocycles. The Bertz CT molecular complexity index is 1360. The molecule has 5 rings (SSSR count). The van der Waals surface area contributed by atoms with E-state index in [0.717, 1.165) is 39.4 Å². The van der Waals surface area contributed by atoms with Crippen LogP contribution in [0.2, 0.25) is 0 Å². The van der Waals surface area contributed by atoms with Gasteiger partial charge in [-0.05, 0) is 38.1 Å². The largest absolute Gasteiger partial charge is 0.360 e. The Balaban J connectivity index is 1.42. The highest BCUT2D eigenvalue weighted by Gasteiger charge is 2.19. The van der Waals surface area contributed by atoms with Crippen molar-refractivity contribution in [3.8, 4) is 17.1 Å². The highest BCUT2D eigenvalue weighted by molar-refractivity contribution is 7.14. The number of rotatable bonds is 4. The van der Waals surface area contributed by atoms with Crippen molar-refractivity contribution in [1.82, 2.24) is 19.5 Å². The van der Waals surface area contributed by atoms with Crippen molar-refractivity contribution >= 4 is 33.3 Å². The second-order valence-corrected chi connectivity index (χ2v) is 7.91. The third-order valence-corrected chi connectivity index (χ3v) is 5.90. The molecule has 0 aliphatic heterocycles. The van der Waals surface area contributed by atoms with Crippen LogP contribution >= 0.6 is 11.3 Å². The molecule has 6 nitrogen and oxygen atoms in total. The van der Waals surface area contributed by atoms with E-state index in [1.165, 1.54) is 11.3 Å². The lowest BCUT2D eigenvalue weighted by Crippen LogP contribution is -2.13. The van der Waals surface area contributed by atoms with Gasteiger partial charge in [-0.3, -0.25) is 10.1 Å². The van der Waals surface area contributed by atoms with Gasteiger partial charge in [0.2, 0.25) is 0 Å². The third-order valence-electron chi connectivity index (χ3n) is 5.14. The second kappa shape index (κ2) is 7.27. The van der Waals surface area contributed by atoms with Gasteiger partial charge in [0, 0.05) is 45.6 Å². The smallest absolute Gasteiger partial charge is 0.259 e. The lowest BCUT2D eigenvalue weighted by molar-refractivity contribution is 0.102. The number of thiazole rings is 1. The van der Waals surface area contributed by atoms with Gasteiger partial charge in [0.25, 0.3) is 5.91 Å². The number of nitrogens with zero attached hydrogens (tertiary/aromatic N) is 3. The number of anilines is 1. The molecule has 4 heterocycles. The zero-order chi connectivity index (χ0) is 20.7. The summed E-state index contributed by atoms with van der Waals surface area (Å²) in [5.41, 5.74) is 5.34. The van der Waals surface area contributed by atoms with Crippen LogP contribution in [-0.2, 0) is 0 Å². The molecule has 0 saturated carbocycles. The normalized spacial score (nSPS) is 11.1. The van der Waals surface area contributed by atoms with Crippen LogP contribution in [0.1, 0.15) is 21.7 Å².